The molecule has 2 heterocycles. The molecule has 0 amide bonds. The van der Waals surface area contributed by atoms with Crippen LogP contribution in [0.3, 0.4) is 0 Å². The van der Waals surface area contributed by atoms with Crippen LogP contribution >= 0.6 is 24.0 Å². The monoisotopic (exact) mass is 545 g/mol. The molecule has 0 saturated carbocycles. The number of hydrogen-bond acceptors (Lipinski definition) is 5. The molecule has 1 aromatic rings. The molecule has 3 rings (SSSR count). The summed E-state index contributed by atoms with van der Waals surface area (Å²) in [6, 6.07) is 6.52. The Bertz CT molecular complexity index is 680. The predicted octanol–water partition coefficient (Wildman–Crippen LogP) is 2.79. The number of piperidine rings is 1. The average Bonchev–Trinajstić information content (AvgIpc) is 3.18. The first-order valence-electron chi connectivity index (χ1n) is 11.3. The summed E-state index contributed by atoms with van der Waals surface area (Å²) in [5.41, 5.74) is 1.22. The maximum Gasteiger partial charge on any atom is 0.191 e. The fourth-order valence-corrected chi connectivity index (χ4v) is 4.47. The SMILES string of the molecule is CCNC(=NCC1CCCN(C)C1)NC1CCN(Cc2cc(OC)cc(OC)c2)C1.I. The van der Waals surface area contributed by atoms with E-state index < -0.39 is 0 Å². The Balaban J connectivity index is 0.00000341. The van der Waals surface area contributed by atoms with Gasteiger partial charge in [-0.3, -0.25) is 9.89 Å². The van der Waals surface area contributed by atoms with Gasteiger partial charge in [0.1, 0.15) is 11.5 Å². The fraction of sp³-hybridized carbons (Fsp3) is 0.696. The Morgan fingerprint density at radius 3 is 2.48 bits per heavy atom. The minimum absolute atomic E-state index is 0. The summed E-state index contributed by atoms with van der Waals surface area (Å²) in [7, 11) is 5.60. The number of likely N-dealkylation sites (tertiary alicyclic amines) is 2. The topological polar surface area (TPSA) is 61.4 Å². The summed E-state index contributed by atoms with van der Waals surface area (Å²) in [4.78, 5) is 9.81. The molecule has 31 heavy (non-hydrogen) atoms. The van der Waals surface area contributed by atoms with E-state index in [0.29, 0.717) is 12.0 Å². The molecule has 7 nitrogen and oxygen atoms in total. The molecule has 2 saturated heterocycles. The molecule has 0 spiro atoms. The average molecular weight is 546 g/mol. The Morgan fingerprint density at radius 2 is 1.84 bits per heavy atom. The van der Waals surface area contributed by atoms with Crippen molar-refractivity contribution in [3.63, 3.8) is 0 Å². The minimum atomic E-state index is 0. The Morgan fingerprint density at radius 1 is 1.10 bits per heavy atom. The minimum Gasteiger partial charge on any atom is -0.497 e. The van der Waals surface area contributed by atoms with E-state index in [-0.39, 0.29) is 24.0 Å². The molecule has 0 radical (unpaired) electrons. The number of nitrogens with zero attached hydrogens (tertiary/aromatic N) is 3. The molecule has 2 aliphatic heterocycles. The number of benzene rings is 1. The molecule has 0 aliphatic carbocycles. The van der Waals surface area contributed by atoms with Crippen LogP contribution in [-0.4, -0.2) is 82.3 Å². The molecule has 2 fully saturated rings. The van der Waals surface area contributed by atoms with E-state index in [2.05, 4.69) is 46.5 Å². The second-order valence-corrected chi connectivity index (χ2v) is 8.58. The van der Waals surface area contributed by atoms with Gasteiger partial charge in [-0.1, -0.05) is 0 Å². The van der Waals surface area contributed by atoms with Gasteiger partial charge in [-0.05, 0) is 63.4 Å². The quantitative estimate of drug-likeness (QED) is 0.298. The second-order valence-electron chi connectivity index (χ2n) is 8.58. The molecular formula is C23H40IN5O2. The first kappa shape index (κ1) is 26.0. The van der Waals surface area contributed by atoms with Gasteiger partial charge in [0.2, 0.25) is 0 Å². The Kier molecular flexibility index (Phi) is 11.2. The van der Waals surface area contributed by atoms with Crippen LogP contribution in [0.25, 0.3) is 0 Å². The number of guanidine groups is 1. The molecule has 2 aliphatic rings. The van der Waals surface area contributed by atoms with Crippen LogP contribution in [0.1, 0.15) is 31.7 Å². The highest BCUT2D eigenvalue weighted by molar-refractivity contribution is 14.0. The van der Waals surface area contributed by atoms with Crippen molar-refractivity contribution >= 4 is 29.9 Å². The lowest BCUT2D eigenvalue weighted by Gasteiger charge is -2.29. The largest absolute Gasteiger partial charge is 0.497 e. The van der Waals surface area contributed by atoms with Gasteiger partial charge in [-0.25, -0.2) is 0 Å². The summed E-state index contributed by atoms with van der Waals surface area (Å²) in [6.45, 7) is 9.27. The van der Waals surface area contributed by atoms with Crippen LogP contribution in [-0.2, 0) is 6.54 Å². The third-order valence-corrected chi connectivity index (χ3v) is 6.00. The van der Waals surface area contributed by atoms with Crippen molar-refractivity contribution < 1.29 is 9.47 Å². The first-order chi connectivity index (χ1) is 14.6. The molecule has 2 atom stereocenters. The first-order valence-corrected chi connectivity index (χ1v) is 11.3. The summed E-state index contributed by atoms with van der Waals surface area (Å²) in [6.07, 6.45) is 3.69. The molecule has 2 N–H and O–H groups in total. The molecule has 1 aromatic carbocycles. The van der Waals surface area contributed by atoms with Crippen molar-refractivity contribution in [1.29, 1.82) is 0 Å². The van der Waals surface area contributed by atoms with Gasteiger partial charge in [0, 0.05) is 51.4 Å². The highest BCUT2D eigenvalue weighted by Crippen LogP contribution is 2.24. The second kappa shape index (κ2) is 13.3. The van der Waals surface area contributed by atoms with E-state index in [4.69, 9.17) is 14.5 Å². The van der Waals surface area contributed by atoms with E-state index >= 15 is 0 Å². The van der Waals surface area contributed by atoms with Crippen molar-refractivity contribution in [3.05, 3.63) is 23.8 Å². The number of methoxy groups -OCH3 is 2. The van der Waals surface area contributed by atoms with Crippen molar-refractivity contribution in [2.24, 2.45) is 10.9 Å². The summed E-state index contributed by atoms with van der Waals surface area (Å²) in [5.74, 6) is 3.31. The third kappa shape index (κ3) is 8.31. The molecule has 8 heteroatoms. The van der Waals surface area contributed by atoms with E-state index in [1.54, 1.807) is 14.2 Å². The lowest BCUT2D eigenvalue weighted by Crippen LogP contribution is -2.45. The summed E-state index contributed by atoms with van der Waals surface area (Å²) >= 11 is 0. The van der Waals surface area contributed by atoms with Gasteiger partial charge in [0.05, 0.1) is 14.2 Å². The summed E-state index contributed by atoms with van der Waals surface area (Å²) < 4.78 is 10.8. The van der Waals surface area contributed by atoms with Gasteiger partial charge < -0.3 is 25.0 Å². The number of rotatable bonds is 8. The highest BCUT2D eigenvalue weighted by Gasteiger charge is 2.24. The zero-order valence-corrected chi connectivity index (χ0v) is 21.9. The molecule has 176 valence electrons. The van der Waals surface area contributed by atoms with Gasteiger partial charge in [-0.15, -0.1) is 24.0 Å². The van der Waals surface area contributed by atoms with Crippen LogP contribution in [0.2, 0.25) is 0 Å². The molecular weight excluding hydrogens is 505 g/mol. The summed E-state index contributed by atoms with van der Waals surface area (Å²) in [5, 5.41) is 7.09. The third-order valence-electron chi connectivity index (χ3n) is 6.00. The fourth-order valence-electron chi connectivity index (χ4n) is 4.47. The predicted molar refractivity (Wildman–Crippen MR) is 138 cm³/mol. The van der Waals surface area contributed by atoms with Gasteiger partial charge >= 0.3 is 0 Å². The highest BCUT2D eigenvalue weighted by atomic mass is 127. The van der Waals surface area contributed by atoms with E-state index in [1.165, 1.54) is 24.9 Å². The number of ether oxygens (including phenoxy) is 2. The number of hydrogen-bond donors (Lipinski definition) is 2. The van der Waals surface area contributed by atoms with Gasteiger partial charge in [0.15, 0.2) is 5.96 Å². The Labute approximate surface area is 205 Å². The van der Waals surface area contributed by atoms with Crippen LogP contribution in [0.4, 0.5) is 0 Å². The van der Waals surface area contributed by atoms with Gasteiger partial charge in [0.25, 0.3) is 0 Å². The van der Waals surface area contributed by atoms with Crippen molar-refractivity contribution in [3.8, 4) is 11.5 Å². The zero-order chi connectivity index (χ0) is 21.3. The molecule has 0 bridgehead atoms. The van der Waals surface area contributed by atoms with E-state index in [0.717, 1.165) is 63.1 Å². The zero-order valence-electron chi connectivity index (χ0n) is 19.5. The lowest BCUT2D eigenvalue weighted by molar-refractivity contribution is 0.214. The molecule has 0 aromatic heterocycles. The van der Waals surface area contributed by atoms with E-state index in [1.807, 2.05) is 6.07 Å². The van der Waals surface area contributed by atoms with Crippen molar-refractivity contribution in [2.45, 2.75) is 38.8 Å². The molecule has 2 unspecified atom stereocenters. The van der Waals surface area contributed by atoms with Crippen molar-refractivity contribution in [1.82, 2.24) is 20.4 Å². The standard InChI is InChI=1S/C23H39N5O2.HI/c1-5-24-23(25-14-18-7-6-9-27(2)15-18)26-20-8-10-28(17-20)16-19-11-21(29-3)13-22(12-19)30-4;/h11-13,18,20H,5-10,14-17H2,1-4H3,(H2,24,25,26);1H. The maximum absolute atomic E-state index is 5.41. The lowest BCUT2D eigenvalue weighted by atomic mass is 9.99. The van der Waals surface area contributed by atoms with E-state index in [9.17, 15) is 0 Å². The van der Waals surface area contributed by atoms with Crippen LogP contribution in [0.5, 0.6) is 11.5 Å². The normalized spacial score (nSPS) is 22.6. The van der Waals surface area contributed by atoms with Crippen LogP contribution in [0, 0.1) is 5.92 Å². The smallest absolute Gasteiger partial charge is 0.191 e. The maximum atomic E-state index is 5.41. The number of halogens is 1. The number of aliphatic imine (C=N–C) groups is 1. The van der Waals surface area contributed by atoms with Crippen LogP contribution < -0.4 is 20.1 Å². The van der Waals surface area contributed by atoms with Crippen LogP contribution in [0.15, 0.2) is 23.2 Å². The number of nitrogens with one attached hydrogen (secondary N) is 2. The van der Waals surface area contributed by atoms with Gasteiger partial charge in [-0.2, -0.15) is 0 Å². The Hall–Kier alpha value is -1.26. The van der Waals surface area contributed by atoms with Crippen molar-refractivity contribution in [2.75, 3.05) is 60.5 Å².